The van der Waals surface area contributed by atoms with E-state index in [2.05, 4.69) is 98.8 Å². The van der Waals surface area contributed by atoms with Gasteiger partial charge in [0.15, 0.2) is 0 Å². The third kappa shape index (κ3) is 2.67. The molecule has 0 fully saturated rings. The molecule has 2 nitrogen and oxygen atoms in total. The molecule has 1 heterocycles. The molecule has 0 aliphatic rings. The minimum atomic E-state index is -1.30. The summed E-state index contributed by atoms with van der Waals surface area (Å²) in [5.74, 6) is 0. The predicted octanol–water partition coefficient (Wildman–Crippen LogP) is 6.84. The lowest BCUT2D eigenvalue weighted by Crippen LogP contribution is -2.02. The first-order chi connectivity index (χ1) is 14.8. The smallest absolute Gasteiger partial charge is 0.252 e. The lowest BCUT2D eigenvalue weighted by Gasteiger charge is -2.05. The number of hydrogen-bond donors (Lipinski definition) is 0. The van der Waals surface area contributed by atoms with Gasteiger partial charge in [0.25, 0.3) is 8.01 Å². The summed E-state index contributed by atoms with van der Waals surface area (Å²) in [5, 5.41) is 8.07. The van der Waals surface area contributed by atoms with Crippen LogP contribution in [0.2, 0.25) is 0 Å². The Hall–Kier alpha value is -3.42. The topological polar surface area (TPSA) is 26.3 Å². The Labute approximate surface area is 175 Å². The van der Waals surface area contributed by atoms with E-state index >= 15 is 0 Å². The van der Waals surface area contributed by atoms with Crippen molar-refractivity contribution in [1.82, 2.24) is 0 Å². The van der Waals surface area contributed by atoms with E-state index in [4.69, 9.17) is 8.39 Å². The summed E-state index contributed by atoms with van der Waals surface area (Å²) in [5.41, 5.74) is 2.92. The van der Waals surface area contributed by atoms with E-state index in [1.165, 1.54) is 27.0 Å². The molecule has 142 valence electrons. The second-order valence-electron chi connectivity index (χ2n) is 7.55. The number of hydrogen-bond acceptors (Lipinski definition) is 2. The summed E-state index contributed by atoms with van der Waals surface area (Å²) in [7, 11) is 0.811. The third-order valence-corrected chi connectivity index (χ3v) is 7.33. The summed E-state index contributed by atoms with van der Waals surface area (Å²) in [6.07, 6.45) is 0. The van der Waals surface area contributed by atoms with Crippen LogP contribution in [-0.4, -0.2) is 7.85 Å². The van der Waals surface area contributed by atoms with Crippen molar-refractivity contribution in [2.75, 3.05) is 0 Å². The highest BCUT2D eigenvalue weighted by Crippen LogP contribution is 2.44. The van der Waals surface area contributed by atoms with E-state index < -0.39 is 8.01 Å². The minimum absolute atomic E-state index is 0.873. The Morgan fingerprint density at radius 1 is 0.533 bits per heavy atom. The van der Waals surface area contributed by atoms with Gasteiger partial charge in [-0.15, -0.1) is 0 Å². The molecule has 6 aromatic rings. The second-order valence-corrected chi connectivity index (χ2v) is 8.91. The van der Waals surface area contributed by atoms with Crippen molar-refractivity contribution in [3.63, 3.8) is 0 Å². The Bertz CT molecular complexity index is 1520. The molecule has 0 saturated heterocycles. The van der Waals surface area contributed by atoms with Gasteiger partial charge in [-0.05, 0) is 39.7 Å². The SMILES string of the molecule is Bc1ccccc1-p1oc2ccc3ccccc3c2c2c(ccc3ccccc32)o1. The van der Waals surface area contributed by atoms with Crippen molar-refractivity contribution < 1.29 is 8.39 Å². The normalized spacial score (nSPS) is 11.5. The van der Waals surface area contributed by atoms with E-state index in [-0.39, 0.29) is 0 Å². The molecule has 0 atom stereocenters. The average Bonchev–Trinajstić information content (AvgIpc) is 2.96. The van der Waals surface area contributed by atoms with Crippen molar-refractivity contribution in [2.24, 2.45) is 0 Å². The van der Waals surface area contributed by atoms with Gasteiger partial charge in [-0.3, -0.25) is 0 Å². The average molecular weight is 404 g/mol. The predicted molar refractivity (Wildman–Crippen MR) is 131 cm³/mol. The van der Waals surface area contributed by atoms with Gasteiger partial charge in [0.1, 0.15) is 19.0 Å². The maximum absolute atomic E-state index is 6.61. The van der Waals surface area contributed by atoms with Gasteiger partial charge in [-0.2, -0.15) is 0 Å². The summed E-state index contributed by atoms with van der Waals surface area (Å²) >= 11 is 0. The van der Waals surface area contributed by atoms with Crippen molar-refractivity contribution >= 4 is 64.8 Å². The molecule has 4 heteroatoms. The molecule has 5 aromatic carbocycles. The zero-order valence-corrected chi connectivity index (χ0v) is 17.4. The highest BCUT2D eigenvalue weighted by molar-refractivity contribution is 7.46. The highest BCUT2D eigenvalue weighted by atomic mass is 31.1. The molecule has 0 bridgehead atoms. The van der Waals surface area contributed by atoms with Crippen LogP contribution in [-0.2, 0) is 0 Å². The molecule has 6 rings (SSSR count). The second kappa shape index (κ2) is 6.83. The van der Waals surface area contributed by atoms with Crippen LogP contribution in [0, 0.1) is 0 Å². The molecule has 0 amide bonds. The molecule has 0 N–H and O–H groups in total. The lowest BCUT2D eigenvalue weighted by molar-refractivity contribution is 0.651. The lowest BCUT2D eigenvalue weighted by atomic mass is 9.97. The van der Waals surface area contributed by atoms with Crippen LogP contribution < -0.4 is 5.46 Å². The van der Waals surface area contributed by atoms with Gasteiger partial charge < -0.3 is 8.39 Å². The van der Waals surface area contributed by atoms with E-state index in [0.717, 1.165) is 27.2 Å². The summed E-state index contributed by atoms with van der Waals surface area (Å²) in [6.45, 7) is 0. The van der Waals surface area contributed by atoms with Crippen LogP contribution in [0.4, 0.5) is 0 Å². The zero-order valence-electron chi connectivity index (χ0n) is 16.5. The summed E-state index contributed by atoms with van der Waals surface area (Å²) in [6, 6.07) is 33.7. The Kier molecular flexibility index (Phi) is 3.97. The quantitative estimate of drug-likeness (QED) is 0.280. The fraction of sp³-hybridized carbons (Fsp3) is 0. The standard InChI is InChI=1S/C26H18BO2P/c27-21-11-5-6-12-24(21)30-28-22-15-13-17-7-1-3-9-19(17)25(22)26-20-10-4-2-8-18(20)14-16-23(26)29-30/h1-16H,27H2. The number of benzene rings is 5. The largest absolute Gasteiger partial charge is 0.416 e. The molecular formula is C26H18BO2P. The summed E-state index contributed by atoms with van der Waals surface area (Å²) in [4.78, 5) is 0. The molecule has 0 radical (unpaired) electrons. The van der Waals surface area contributed by atoms with Crippen molar-refractivity contribution in [3.8, 4) is 5.30 Å². The van der Waals surface area contributed by atoms with E-state index in [1.807, 2.05) is 6.07 Å². The fourth-order valence-electron chi connectivity index (χ4n) is 4.23. The van der Waals surface area contributed by atoms with Gasteiger partial charge >= 0.3 is 0 Å². The Morgan fingerprint density at radius 3 is 1.60 bits per heavy atom. The van der Waals surface area contributed by atoms with Gasteiger partial charge in [0, 0.05) is 10.8 Å². The van der Waals surface area contributed by atoms with Crippen molar-refractivity contribution in [3.05, 3.63) is 97.1 Å². The monoisotopic (exact) mass is 404 g/mol. The molecule has 0 unspecified atom stereocenters. The van der Waals surface area contributed by atoms with Crippen LogP contribution in [0.5, 0.6) is 0 Å². The van der Waals surface area contributed by atoms with Gasteiger partial charge in [-0.25, -0.2) is 0 Å². The molecule has 0 aliphatic heterocycles. The zero-order chi connectivity index (χ0) is 20.1. The molecule has 1 aromatic heterocycles. The fourth-order valence-corrected chi connectivity index (χ4v) is 5.70. The summed E-state index contributed by atoms with van der Waals surface area (Å²) < 4.78 is 13.2. The third-order valence-electron chi connectivity index (χ3n) is 5.71. The van der Waals surface area contributed by atoms with Crippen LogP contribution >= 0.6 is 8.01 Å². The minimum Gasteiger partial charge on any atom is -0.416 e. The van der Waals surface area contributed by atoms with Crippen molar-refractivity contribution in [2.45, 2.75) is 0 Å². The van der Waals surface area contributed by atoms with Gasteiger partial charge in [0.05, 0.1) is 5.30 Å². The van der Waals surface area contributed by atoms with E-state index in [9.17, 15) is 0 Å². The van der Waals surface area contributed by atoms with Crippen LogP contribution in [0.25, 0.3) is 48.8 Å². The highest BCUT2D eigenvalue weighted by Gasteiger charge is 2.14. The molecule has 0 saturated carbocycles. The van der Waals surface area contributed by atoms with Gasteiger partial charge in [-0.1, -0.05) is 84.3 Å². The first-order valence-electron chi connectivity index (χ1n) is 10.1. The van der Waals surface area contributed by atoms with Crippen LogP contribution in [0.1, 0.15) is 0 Å². The maximum atomic E-state index is 6.61. The van der Waals surface area contributed by atoms with E-state index in [1.54, 1.807) is 0 Å². The molecular weight excluding hydrogens is 386 g/mol. The number of rotatable bonds is 1. The Morgan fingerprint density at radius 2 is 1.03 bits per heavy atom. The Balaban J connectivity index is 1.92. The maximum Gasteiger partial charge on any atom is 0.252 e. The van der Waals surface area contributed by atoms with Crippen molar-refractivity contribution in [1.29, 1.82) is 0 Å². The molecule has 30 heavy (non-hydrogen) atoms. The van der Waals surface area contributed by atoms with Crippen LogP contribution in [0.15, 0.2) is 105 Å². The first kappa shape index (κ1) is 17.4. The number of fused-ring (bicyclic) bond motifs is 7. The van der Waals surface area contributed by atoms with Crippen LogP contribution in [0.3, 0.4) is 0 Å². The molecule has 0 spiro atoms. The molecule has 0 aliphatic carbocycles. The van der Waals surface area contributed by atoms with E-state index in [0.29, 0.717) is 0 Å². The first-order valence-corrected chi connectivity index (χ1v) is 11.2. The van der Waals surface area contributed by atoms with Gasteiger partial charge in [0.2, 0.25) is 0 Å².